The summed E-state index contributed by atoms with van der Waals surface area (Å²) in [5.41, 5.74) is 4.45. The number of benzene rings is 1. The van der Waals surface area contributed by atoms with Crippen LogP contribution in [-0.4, -0.2) is 9.78 Å². The van der Waals surface area contributed by atoms with Crippen molar-refractivity contribution in [1.82, 2.24) is 9.78 Å². The zero-order valence-electron chi connectivity index (χ0n) is 10.1. The summed E-state index contributed by atoms with van der Waals surface area (Å²) in [6.45, 7) is 6.23. The van der Waals surface area contributed by atoms with Crippen molar-refractivity contribution in [2.75, 3.05) is 0 Å². The molecule has 0 N–H and O–H groups in total. The second-order valence-corrected chi connectivity index (χ2v) is 4.83. The summed E-state index contributed by atoms with van der Waals surface area (Å²) in [6.07, 6.45) is 0.985. The molecule has 2 nitrogen and oxygen atoms in total. The molecule has 0 spiro atoms. The van der Waals surface area contributed by atoms with Crippen molar-refractivity contribution in [2.24, 2.45) is 0 Å². The fraction of sp³-hybridized carbons (Fsp3) is 0.308. The molecule has 1 aromatic carbocycles. The molecule has 4 heteroatoms. The number of hydrogen-bond donors (Lipinski definition) is 0. The third kappa shape index (κ3) is 2.20. The van der Waals surface area contributed by atoms with Crippen LogP contribution in [0.5, 0.6) is 0 Å². The van der Waals surface area contributed by atoms with E-state index in [1.807, 2.05) is 23.7 Å². The van der Waals surface area contributed by atoms with Gasteiger partial charge in [0.2, 0.25) is 0 Å². The lowest BCUT2D eigenvalue weighted by Crippen LogP contribution is -1.99. The highest BCUT2D eigenvalue weighted by atomic mass is 35.5. The van der Waals surface area contributed by atoms with E-state index in [1.165, 1.54) is 5.56 Å². The van der Waals surface area contributed by atoms with E-state index in [0.29, 0.717) is 10.0 Å². The van der Waals surface area contributed by atoms with Gasteiger partial charge in [-0.3, -0.25) is 0 Å². The molecule has 0 aliphatic heterocycles. The van der Waals surface area contributed by atoms with Crippen LogP contribution < -0.4 is 0 Å². The van der Waals surface area contributed by atoms with Crippen molar-refractivity contribution in [2.45, 2.75) is 27.2 Å². The summed E-state index contributed by atoms with van der Waals surface area (Å²) in [6, 6.07) is 5.55. The van der Waals surface area contributed by atoms with Crippen molar-refractivity contribution in [1.29, 1.82) is 0 Å². The first-order valence-corrected chi connectivity index (χ1v) is 6.30. The Labute approximate surface area is 111 Å². The van der Waals surface area contributed by atoms with Gasteiger partial charge in [-0.25, -0.2) is 4.68 Å². The van der Waals surface area contributed by atoms with Crippen molar-refractivity contribution < 1.29 is 0 Å². The quantitative estimate of drug-likeness (QED) is 0.792. The smallest absolute Gasteiger partial charge is 0.0664 e. The van der Waals surface area contributed by atoms with Crippen molar-refractivity contribution in [3.05, 3.63) is 45.2 Å². The van der Waals surface area contributed by atoms with Gasteiger partial charge in [0.25, 0.3) is 0 Å². The molecular formula is C13H14Cl2N2. The van der Waals surface area contributed by atoms with Gasteiger partial charge >= 0.3 is 0 Å². The Morgan fingerprint density at radius 2 is 1.88 bits per heavy atom. The average molecular weight is 269 g/mol. The molecular weight excluding hydrogens is 255 g/mol. The van der Waals surface area contributed by atoms with E-state index in [0.717, 1.165) is 23.5 Å². The summed E-state index contributed by atoms with van der Waals surface area (Å²) in [5, 5.41) is 5.65. The summed E-state index contributed by atoms with van der Waals surface area (Å²) in [4.78, 5) is 0. The summed E-state index contributed by atoms with van der Waals surface area (Å²) >= 11 is 11.9. The SMILES string of the molecule is CCc1c(C)nn(-c2ccc(Cl)c(Cl)c2)c1C. The van der Waals surface area contributed by atoms with Crippen LogP contribution in [0.15, 0.2) is 18.2 Å². The largest absolute Gasteiger partial charge is 0.238 e. The van der Waals surface area contributed by atoms with E-state index in [9.17, 15) is 0 Å². The van der Waals surface area contributed by atoms with E-state index in [1.54, 1.807) is 6.07 Å². The highest BCUT2D eigenvalue weighted by molar-refractivity contribution is 6.42. The van der Waals surface area contributed by atoms with Crippen LogP contribution in [-0.2, 0) is 6.42 Å². The van der Waals surface area contributed by atoms with Crippen LogP contribution in [0.2, 0.25) is 10.0 Å². The number of rotatable bonds is 2. The number of hydrogen-bond acceptors (Lipinski definition) is 1. The number of aryl methyl sites for hydroxylation is 1. The van der Waals surface area contributed by atoms with Crippen LogP contribution >= 0.6 is 23.2 Å². The van der Waals surface area contributed by atoms with Gasteiger partial charge < -0.3 is 0 Å². The van der Waals surface area contributed by atoms with Crippen molar-refractivity contribution >= 4 is 23.2 Å². The van der Waals surface area contributed by atoms with Gasteiger partial charge in [-0.2, -0.15) is 5.10 Å². The molecule has 2 rings (SSSR count). The fourth-order valence-electron chi connectivity index (χ4n) is 2.05. The Balaban J connectivity index is 2.57. The zero-order chi connectivity index (χ0) is 12.6. The summed E-state index contributed by atoms with van der Waals surface area (Å²) in [5.74, 6) is 0. The Morgan fingerprint density at radius 1 is 1.18 bits per heavy atom. The lowest BCUT2D eigenvalue weighted by molar-refractivity contribution is 0.832. The maximum absolute atomic E-state index is 6.02. The summed E-state index contributed by atoms with van der Waals surface area (Å²) < 4.78 is 1.91. The van der Waals surface area contributed by atoms with Crippen LogP contribution in [0, 0.1) is 13.8 Å². The van der Waals surface area contributed by atoms with Crippen LogP contribution in [0.4, 0.5) is 0 Å². The van der Waals surface area contributed by atoms with Gasteiger partial charge in [-0.05, 0) is 44.0 Å². The molecule has 0 amide bonds. The average Bonchev–Trinajstić information content (AvgIpc) is 2.58. The lowest BCUT2D eigenvalue weighted by Gasteiger charge is -2.06. The molecule has 0 unspecified atom stereocenters. The molecule has 1 aromatic heterocycles. The van der Waals surface area contributed by atoms with Crippen LogP contribution in [0.3, 0.4) is 0 Å². The molecule has 0 atom stereocenters. The molecule has 0 aliphatic rings. The van der Waals surface area contributed by atoms with Gasteiger partial charge in [0, 0.05) is 5.69 Å². The second kappa shape index (κ2) is 4.71. The molecule has 0 aliphatic carbocycles. The predicted octanol–water partition coefficient (Wildman–Crippen LogP) is 4.36. The third-order valence-corrected chi connectivity index (χ3v) is 3.68. The van der Waals surface area contributed by atoms with Gasteiger partial charge in [0.15, 0.2) is 0 Å². The first kappa shape index (κ1) is 12.5. The van der Waals surface area contributed by atoms with Gasteiger partial charge in [0.1, 0.15) is 0 Å². The van der Waals surface area contributed by atoms with Crippen LogP contribution in [0.25, 0.3) is 5.69 Å². The van der Waals surface area contributed by atoms with Crippen LogP contribution in [0.1, 0.15) is 23.9 Å². The van der Waals surface area contributed by atoms with Crippen molar-refractivity contribution in [3.8, 4) is 5.69 Å². The maximum Gasteiger partial charge on any atom is 0.0664 e. The molecule has 0 saturated carbocycles. The van der Waals surface area contributed by atoms with Gasteiger partial charge in [-0.15, -0.1) is 0 Å². The Morgan fingerprint density at radius 3 is 2.41 bits per heavy atom. The molecule has 0 bridgehead atoms. The lowest BCUT2D eigenvalue weighted by atomic mass is 10.1. The molecule has 0 saturated heterocycles. The molecule has 2 aromatic rings. The Bertz CT molecular complexity index is 559. The second-order valence-electron chi connectivity index (χ2n) is 4.01. The third-order valence-electron chi connectivity index (χ3n) is 2.94. The standard InChI is InChI=1S/C13H14Cl2N2/c1-4-11-8(2)16-17(9(11)3)10-5-6-12(14)13(15)7-10/h5-7H,4H2,1-3H3. The molecule has 1 heterocycles. The first-order valence-electron chi connectivity index (χ1n) is 5.55. The minimum atomic E-state index is 0.551. The number of halogens is 2. The van der Waals surface area contributed by atoms with E-state index < -0.39 is 0 Å². The summed E-state index contributed by atoms with van der Waals surface area (Å²) in [7, 11) is 0. The predicted molar refractivity (Wildman–Crippen MR) is 72.4 cm³/mol. The monoisotopic (exact) mass is 268 g/mol. The normalized spacial score (nSPS) is 10.9. The minimum Gasteiger partial charge on any atom is -0.238 e. The van der Waals surface area contributed by atoms with Gasteiger partial charge in [-0.1, -0.05) is 30.1 Å². The van der Waals surface area contributed by atoms with E-state index >= 15 is 0 Å². The van der Waals surface area contributed by atoms with E-state index in [2.05, 4.69) is 18.9 Å². The number of aromatic nitrogens is 2. The number of nitrogens with zero attached hydrogens (tertiary/aromatic N) is 2. The topological polar surface area (TPSA) is 17.8 Å². The molecule has 17 heavy (non-hydrogen) atoms. The fourth-order valence-corrected chi connectivity index (χ4v) is 2.35. The van der Waals surface area contributed by atoms with E-state index in [-0.39, 0.29) is 0 Å². The highest BCUT2D eigenvalue weighted by Crippen LogP contribution is 2.26. The highest BCUT2D eigenvalue weighted by Gasteiger charge is 2.11. The zero-order valence-corrected chi connectivity index (χ0v) is 11.6. The van der Waals surface area contributed by atoms with E-state index in [4.69, 9.17) is 23.2 Å². The van der Waals surface area contributed by atoms with Crippen molar-refractivity contribution in [3.63, 3.8) is 0 Å². The minimum absolute atomic E-state index is 0.551. The van der Waals surface area contributed by atoms with Gasteiger partial charge in [0.05, 0.1) is 21.4 Å². The Kier molecular flexibility index (Phi) is 3.45. The molecule has 0 fully saturated rings. The first-order chi connectivity index (χ1) is 8.04. The Hall–Kier alpha value is -0.990. The molecule has 0 radical (unpaired) electrons. The maximum atomic E-state index is 6.02. The molecule has 90 valence electrons.